The Morgan fingerprint density at radius 1 is 1.30 bits per heavy atom. The summed E-state index contributed by atoms with van der Waals surface area (Å²) in [5.41, 5.74) is 10.9. The van der Waals surface area contributed by atoms with Crippen LogP contribution < -0.4 is 16.8 Å². The molecule has 0 aliphatic heterocycles. The van der Waals surface area contributed by atoms with E-state index in [0.717, 1.165) is 12.8 Å². The Balaban J connectivity index is 3.23. The van der Waals surface area contributed by atoms with Crippen LogP contribution in [0, 0.1) is 17.8 Å². The van der Waals surface area contributed by atoms with E-state index in [1.165, 1.54) is 6.92 Å². The molecule has 8 heteroatoms. The van der Waals surface area contributed by atoms with Crippen LogP contribution in [0.4, 0.5) is 0 Å². The van der Waals surface area contributed by atoms with Crippen molar-refractivity contribution in [3.05, 3.63) is 0 Å². The van der Waals surface area contributed by atoms with Crippen molar-refractivity contribution in [1.82, 2.24) is 5.32 Å². The summed E-state index contributed by atoms with van der Waals surface area (Å²) in [5, 5.41) is 22.7. The lowest BCUT2D eigenvalue weighted by Gasteiger charge is -2.35. The van der Waals surface area contributed by atoms with Gasteiger partial charge in [-0.05, 0) is 12.3 Å². The van der Waals surface area contributed by atoms with Crippen LogP contribution in [0.25, 0.3) is 0 Å². The summed E-state index contributed by atoms with van der Waals surface area (Å²) in [6.07, 6.45) is 0.612. The van der Waals surface area contributed by atoms with Crippen molar-refractivity contribution in [2.24, 2.45) is 34.2 Å². The van der Waals surface area contributed by atoms with Gasteiger partial charge in [0, 0.05) is 18.9 Å². The Kier molecular flexibility index (Phi) is 6.80. The van der Waals surface area contributed by atoms with Crippen LogP contribution in [0.3, 0.4) is 0 Å². The Morgan fingerprint density at radius 2 is 1.87 bits per heavy atom. The number of nitrogens with one attached hydrogen (secondary N) is 1. The first-order chi connectivity index (χ1) is 10.7. The van der Waals surface area contributed by atoms with Gasteiger partial charge in [0.2, 0.25) is 5.91 Å². The summed E-state index contributed by atoms with van der Waals surface area (Å²) >= 11 is 0. The number of guanidine groups is 1. The summed E-state index contributed by atoms with van der Waals surface area (Å²) in [6.45, 7) is 5.39. The minimum atomic E-state index is -1.11. The van der Waals surface area contributed by atoms with Crippen LogP contribution in [0.15, 0.2) is 4.99 Å². The summed E-state index contributed by atoms with van der Waals surface area (Å²) in [5.74, 6) is -2.84. The zero-order chi connectivity index (χ0) is 17.7. The van der Waals surface area contributed by atoms with E-state index >= 15 is 0 Å². The highest BCUT2D eigenvalue weighted by Gasteiger charge is 2.50. The lowest BCUT2D eigenvalue weighted by Crippen LogP contribution is -2.51. The van der Waals surface area contributed by atoms with Crippen LogP contribution in [0.5, 0.6) is 0 Å². The Hall–Kier alpha value is -1.83. The number of hydrogen-bond acceptors (Lipinski definition) is 4. The fraction of sp³-hybridized carbons (Fsp3) is 0.800. The predicted octanol–water partition coefficient (Wildman–Crippen LogP) is -0.349. The average Bonchev–Trinajstić information content (AvgIpc) is 2.74. The maximum absolute atomic E-state index is 11.6. The molecule has 1 fully saturated rings. The molecule has 0 bridgehead atoms. The van der Waals surface area contributed by atoms with E-state index in [2.05, 4.69) is 10.3 Å². The van der Waals surface area contributed by atoms with Crippen molar-refractivity contribution >= 4 is 17.8 Å². The number of carboxylic acid groups (broad SMARTS) is 1. The molecule has 5 atom stereocenters. The lowest BCUT2D eigenvalue weighted by atomic mass is 9.80. The van der Waals surface area contributed by atoms with Crippen molar-refractivity contribution in [3.8, 4) is 0 Å². The van der Waals surface area contributed by atoms with Crippen LogP contribution in [0.1, 0.15) is 40.0 Å². The third-order valence-electron chi connectivity index (χ3n) is 4.72. The second-order valence-electron chi connectivity index (χ2n) is 6.17. The number of aliphatic hydroxyl groups excluding tert-OH is 1. The van der Waals surface area contributed by atoms with Gasteiger partial charge in [0.05, 0.1) is 18.1 Å². The van der Waals surface area contributed by atoms with Crippen LogP contribution >= 0.6 is 0 Å². The topological polar surface area (TPSA) is 151 Å². The molecule has 1 aliphatic carbocycles. The Morgan fingerprint density at radius 3 is 2.26 bits per heavy atom. The van der Waals surface area contributed by atoms with Gasteiger partial charge in [-0.1, -0.05) is 26.7 Å². The van der Waals surface area contributed by atoms with Gasteiger partial charge < -0.3 is 27.0 Å². The third-order valence-corrected chi connectivity index (χ3v) is 4.72. The summed E-state index contributed by atoms with van der Waals surface area (Å²) in [4.78, 5) is 27.1. The van der Waals surface area contributed by atoms with E-state index < -0.39 is 30.0 Å². The normalized spacial score (nSPS) is 28.4. The molecule has 0 aromatic heterocycles. The average molecular weight is 328 g/mol. The van der Waals surface area contributed by atoms with Crippen LogP contribution in [-0.2, 0) is 9.59 Å². The van der Waals surface area contributed by atoms with Gasteiger partial charge in [-0.15, -0.1) is 0 Å². The molecule has 1 aliphatic rings. The van der Waals surface area contributed by atoms with Gasteiger partial charge in [-0.25, -0.2) is 4.99 Å². The van der Waals surface area contributed by atoms with Crippen molar-refractivity contribution in [2.45, 2.75) is 58.2 Å². The minimum Gasteiger partial charge on any atom is -0.481 e. The molecule has 0 saturated heterocycles. The molecular formula is C15H28N4O4. The van der Waals surface area contributed by atoms with Gasteiger partial charge >= 0.3 is 5.97 Å². The van der Waals surface area contributed by atoms with E-state index in [1.807, 2.05) is 13.8 Å². The highest BCUT2D eigenvalue weighted by Crippen LogP contribution is 2.39. The smallest absolute Gasteiger partial charge is 0.309 e. The molecule has 1 amide bonds. The number of aliphatic carboxylic acids is 1. The first-order valence-corrected chi connectivity index (χ1v) is 7.99. The van der Waals surface area contributed by atoms with Gasteiger partial charge in [-0.2, -0.15) is 0 Å². The van der Waals surface area contributed by atoms with E-state index in [0.29, 0.717) is 0 Å². The van der Waals surface area contributed by atoms with E-state index in [9.17, 15) is 19.8 Å². The second kappa shape index (κ2) is 8.14. The number of aliphatic imine (C=N–C) groups is 1. The lowest BCUT2D eigenvalue weighted by molar-refractivity contribution is -0.145. The molecule has 0 spiro atoms. The number of nitrogens with two attached hydrogens (primary N) is 2. The van der Waals surface area contributed by atoms with Gasteiger partial charge in [-0.3, -0.25) is 9.59 Å². The monoisotopic (exact) mass is 328 g/mol. The standard InChI is InChI=1S/C15H28N4O4/c1-4-8(5-2)12(18-7(3)20)11-10(19-15(16)17)6-9(13(11)21)14(22)23/h8-13,21H,4-6H2,1-3H3,(H,18,20)(H,22,23)(H4,16,17,19)/t9-,10-,11+,12-,13+/m0/s1. The van der Waals surface area contributed by atoms with Gasteiger partial charge in [0.15, 0.2) is 5.96 Å². The van der Waals surface area contributed by atoms with Crippen molar-refractivity contribution < 1.29 is 19.8 Å². The maximum Gasteiger partial charge on any atom is 0.309 e. The van der Waals surface area contributed by atoms with Crippen molar-refractivity contribution in [3.63, 3.8) is 0 Å². The fourth-order valence-electron chi connectivity index (χ4n) is 3.64. The number of aliphatic hydroxyl groups is 1. The highest BCUT2D eigenvalue weighted by molar-refractivity contribution is 5.76. The summed E-state index contributed by atoms with van der Waals surface area (Å²) in [6, 6.07) is -0.913. The summed E-state index contributed by atoms with van der Waals surface area (Å²) < 4.78 is 0. The number of hydrogen-bond donors (Lipinski definition) is 5. The largest absolute Gasteiger partial charge is 0.481 e. The molecular weight excluding hydrogens is 300 g/mol. The number of carboxylic acids is 1. The molecule has 0 unspecified atom stereocenters. The molecule has 0 radical (unpaired) electrons. The van der Waals surface area contributed by atoms with Crippen LogP contribution in [-0.4, -0.2) is 46.2 Å². The molecule has 0 aromatic rings. The number of carbonyl (C=O) groups excluding carboxylic acids is 1. The number of carbonyl (C=O) groups is 2. The SMILES string of the molecule is CCC(CC)[C@H](NC(C)=O)[C@@H]1[C@H](O)[C@@H](C(=O)O)C[C@@H]1N=C(N)N. The molecule has 8 nitrogen and oxygen atoms in total. The van der Waals surface area contributed by atoms with Crippen LogP contribution in [0.2, 0.25) is 0 Å². The zero-order valence-corrected chi connectivity index (χ0v) is 13.9. The highest BCUT2D eigenvalue weighted by atomic mass is 16.4. The molecule has 0 aromatic carbocycles. The number of amides is 1. The molecule has 1 rings (SSSR count). The third kappa shape index (κ3) is 4.57. The summed E-state index contributed by atoms with van der Waals surface area (Å²) in [7, 11) is 0. The van der Waals surface area contributed by atoms with Gasteiger partial charge in [0.1, 0.15) is 0 Å². The number of rotatable bonds is 7. The zero-order valence-electron chi connectivity index (χ0n) is 13.9. The molecule has 23 heavy (non-hydrogen) atoms. The molecule has 0 heterocycles. The maximum atomic E-state index is 11.6. The second-order valence-corrected chi connectivity index (χ2v) is 6.17. The molecule has 7 N–H and O–H groups in total. The van der Waals surface area contributed by atoms with E-state index in [-0.39, 0.29) is 30.2 Å². The Bertz CT molecular complexity index is 460. The number of nitrogens with zero attached hydrogens (tertiary/aromatic N) is 1. The first-order valence-electron chi connectivity index (χ1n) is 7.99. The van der Waals surface area contributed by atoms with Crippen molar-refractivity contribution in [2.75, 3.05) is 0 Å². The first kappa shape index (κ1) is 19.2. The quantitative estimate of drug-likeness (QED) is 0.318. The molecule has 132 valence electrons. The minimum absolute atomic E-state index is 0.0998. The van der Waals surface area contributed by atoms with E-state index in [1.54, 1.807) is 0 Å². The van der Waals surface area contributed by atoms with Gasteiger partial charge in [0.25, 0.3) is 0 Å². The Labute approximate surface area is 136 Å². The van der Waals surface area contributed by atoms with E-state index in [4.69, 9.17) is 11.5 Å². The van der Waals surface area contributed by atoms with Crippen molar-refractivity contribution in [1.29, 1.82) is 0 Å². The fourth-order valence-corrected chi connectivity index (χ4v) is 3.64. The molecule has 1 saturated carbocycles. The predicted molar refractivity (Wildman–Crippen MR) is 86.5 cm³/mol.